The summed E-state index contributed by atoms with van der Waals surface area (Å²) in [4.78, 5) is 24.0. The number of hydrogen-bond donors (Lipinski definition) is 1. The highest BCUT2D eigenvalue weighted by Crippen LogP contribution is 2.30. The number of carbonyl (C=O) groups excluding carboxylic acids is 1. The lowest BCUT2D eigenvalue weighted by Crippen LogP contribution is -2.42. The number of rotatable bonds is 2. The van der Waals surface area contributed by atoms with Crippen LogP contribution in [-0.2, 0) is 9.53 Å². The monoisotopic (exact) mass is 269 g/mol. The number of anilines is 1. The van der Waals surface area contributed by atoms with Gasteiger partial charge in [0.05, 0.1) is 0 Å². The number of aryl methyl sites for hydroxylation is 1. The van der Waals surface area contributed by atoms with Gasteiger partial charge in [-0.1, -0.05) is 17.7 Å². The Bertz CT molecular complexity index is 517. The number of nitrogens with zero attached hydrogens (tertiary/aromatic N) is 1. The highest BCUT2D eigenvalue weighted by Gasteiger charge is 2.45. The summed E-state index contributed by atoms with van der Waals surface area (Å²) >= 11 is 5.98. The van der Waals surface area contributed by atoms with E-state index in [1.54, 1.807) is 25.1 Å². The maximum Gasteiger partial charge on any atom is 0.415 e. The van der Waals surface area contributed by atoms with Gasteiger partial charge in [0.25, 0.3) is 0 Å². The zero-order chi connectivity index (χ0) is 13.4. The lowest BCUT2D eigenvalue weighted by Gasteiger charge is -2.20. The molecule has 5 nitrogen and oxygen atoms in total. The zero-order valence-electron chi connectivity index (χ0n) is 9.88. The van der Waals surface area contributed by atoms with Crippen LogP contribution in [0, 0.1) is 6.92 Å². The summed E-state index contributed by atoms with van der Waals surface area (Å²) in [6.45, 7) is 3.37. The third-order valence-corrected chi connectivity index (χ3v) is 3.30. The molecular formula is C12H12ClNO4. The van der Waals surface area contributed by atoms with Gasteiger partial charge in [-0.25, -0.2) is 9.59 Å². The van der Waals surface area contributed by atoms with Gasteiger partial charge >= 0.3 is 12.1 Å². The molecule has 1 aliphatic heterocycles. The maximum absolute atomic E-state index is 11.7. The number of carboxylic acid groups (broad SMARTS) is 1. The van der Waals surface area contributed by atoms with Gasteiger partial charge in [-0.15, -0.1) is 0 Å². The minimum Gasteiger partial charge on any atom is -0.480 e. The Balaban J connectivity index is 2.43. The topological polar surface area (TPSA) is 66.8 Å². The van der Waals surface area contributed by atoms with Crippen LogP contribution in [0.2, 0.25) is 5.02 Å². The Morgan fingerprint density at radius 1 is 1.50 bits per heavy atom. The van der Waals surface area contributed by atoms with Gasteiger partial charge in [0.15, 0.2) is 6.04 Å². The number of aliphatic carboxylic acids is 1. The second-order valence-electron chi connectivity index (χ2n) is 4.18. The van der Waals surface area contributed by atoms with E-state index in [1.807, 2.05) is 6.92 Å². The minimum absolute atomic E-state index is 0.423. The highest BCUT2D eigenvalue weighted by molar-refractivity contribution is 6.31. The van der Waals surface area contributed by atoms with E-state index in [1.165, 1.54) is 0 Å². The first-order valence-corrected chi connectivity index (χ1v) is 5.78. The van der Waals surface area contributed by atoms with Crippen molar-refractivity contribution in [1.82, 2.24) is 0 Å². The molecule has 1 aromatic carbocycles. The van der Waals surface area contributed by atoms with Crippen molar-refractivity contribution in [3.8, 4) is 0 Å². The molecule has 2 atom stereocenters. The molecule has 1 saturated heterocycles. The molecule has 0 aliphatic carbocycles. The van der Waals surface area contributed by atoms with E-state index in [0.717, 1.165) is 10.5 Å². The second-order valence-corrected chi connectivity index (χ2v) is 4.58. The highest BCUT2D eigenvalue weighted by atomic mass is 35.5. The average Bonchev–Trinajstić information content (AvgIpc) is 2.57. The van der Waals surface area contributed by atoms with Crippen molar-refractivity contribution in [1.29, 1.82) is 0 Å². The Morgan fingerprint density at radius 3 is 2.72 bits per heavy atom. The molecule has 18 heavy (non-hydrogen) atoms. The van der Waals surface area contributed by atoms with Gasteiger partial charge in [0.1, 0.15) is 6.10 Å². The fraction of sp³-hybridized carbons (Fsp3) is 0.333. The Labute approximate surface area is 109 Å². The number of ether oxygens (including phenoxy) is 1. The number of halogens is 1. The van der Waals surface area contributed by atoms with Crippen LogP contribution in [0.4, 0.5) is 10.5 Å². The van der Waals surface area contributed by atoms with E-state index in [0.29, 0.717) is 10.7 Å². The Hall–Kier alpha value is -1.75. The first-order chi connectivity index (χ1) is 8.41. The SMILES string of the molecule is Cc1ccc(N2C(=O)OC(C)C2C(=O)O)cc1Cl. The molecule has 0 bridgehead atoms. The molecule has 0 radical (unpaired) electrons. The quantitative estimate of drug-likeness (QED) is 0.895. The first-order valence-electron chi connectivity index (χ1n) is 5.40. The molecule has 1 aromatic rings. The van der Waals surface area contributed by atoms with Crippen LogP contribution in [-0.4, -0.2) is 29.3 Å². The van der Waals surface area contributed by atoms with E-state index in [-0.39, 0.29) is 0 Å². The van der Waals surface area contributed by atoms with Crippen LogP contribution in [0.3, 0.4) is 0 Å². The normalized spacial score (nSPS) is 23.1. The summed E-state index contributed by atoms with van der Waals surface area (Å²) in [5.41, 5.74) is 1.28. The third-order valence-electron chi connectivity index (χ3n) is 2.89. The third kappa shape index (κ3) is 2.01. The van der Waals surface area contributed by atoms with Crippen LogP contribution >= 0.6 is 11.6 Å². The molecule has 1 fully saturated rings. The summed E-state index contributed by atoms with van der Waals surface area (Å²) in [7, 11) is 0. The lowest BCUT2D eigenvalue weighted by molar-refractivity contribution is -0.139. The van der Waals surface area contributed by atoms with E-state index >= 15 is 0 Å². The number of amides is 1. The van der Waals surface area contributed by atoms with Gasteiger partial charge in [-0.3, -0.25) is 4.90 Å². The molecule has 2 rings (SSSR count). The van der Waals surface area contributed by atoms with Gasteiger partial charge in [0.2, 0.25) is 0 Å². The van der Waals surface area contributed by atoms with Crippen LogP contribution < -0.4 is 4.90 Å². The molecule has 1 heterocycles. The molecule has 1 N–H and O–H groups in total. The number of carboxylic acids is 1. The molecular weight excluding hydrogens is 258 g/mol. The largest absolute Gasteiger partial charge is 0.480 e. The van der Waals surface area contributed by atoms with Crippen molar-refractivity contribution in [2.24, 2.45) is 0 Å². The molecule has 6 heteroatoms. The summed E-state index contributed by atoms with van der Waals surface area (Å²) in [5, 5.41) is 9.63. The molecule has 0 spiro atoms. The van der Waals surface area contributed by atoms with Gasteiger partial charge < -0.3 is 9.84 Å². The smallest absolute Gasteiger partial charge is 0.415 e. The first kappa shape index (κ1) is 12.7. The summed E-state index contributed by atoms with van der Waals surface area (Å²) in [6, 6.07) is 3.91. The maximum atomic E-state index is 11.7. The van der Waals surface area contributed by atoms with Gasteiger partial charge in [-0.2, -0.15) is 0 Å². The molecule has 96 valence electrons. The summed E-state index contributed by atoms with van der Waals surface area (Å²) < 4.78 is 4.94. The van der Waals surface area contributed by atoms with Crippen molar-refractivity contribution in [3.05, 3.63) is 28.8 Å². The van der Waals surface area contributed by atoms with E-state index in [9.17, 15) is 9.59 Å². The van der Waals surface area contributed by atoms with Crippen LogP contribution in [0.25, 0.3) is 0 Å². The molecule has 1 aliphatic rings. The van der Waals surface area contributed by atoms with Crippen molar-refractivity contribution >= 4 is 29.4 Å². The van der Waals surface area contributed by atoms with E-state index < -0.39 is 24.2 Å². The second kappa shape index (κ2) is 4.49. The number of hydrogen-bond acceptors (Lipinski definition) is 3. The van der Waals surface area contributed by atoms with Crippen molar-refractivity contribution in [2.45, 2.75) is 26.0 Å². The predicted octanol–water partition coefficient (Wildman–Crippen LogP) is 2.45. The summed E-state index contributed by atoms with van der Waals surface area (Å²) in [6.07, 6.45) is -1.37. The van der Waals surface area contributed by atoms with Gasteiger partial charge in [0, 0.05) is 10.7 Å². The van der Waals surface area contributed by atoms with Crippen LogP contribution in [0.1, 0.15) is 12.5 Å². The van der Waals surface area contributed by atoms with Crippen LogP contribution in [0.15, 0.2) is 18.2 Å². The summed E-state index contributed by atoms with van der Waals surface area (Å²) in [5.74, 6) is -1.11. The number of carbonyl (C=O) groups is 2. The van der Waals surface area contributed by atoms with E-state index in [4.69, 9.17) is 21.4 Å². The van der Waals surface area contributed by atoms with Crippen LogP contribution in [0.5, 0.6) is 0 Å². The Kier molecular flexibility index (Phi) is 3.17. The molecule has 0 aromatic heterocycles. The van der Waals surface area contributed by atoms with Gasteiger partial charge in [-0.05, 0) is 31.5 Å². The zero-order valence-corrected chi connectivity index (χ0v) is 10.6. The van der Waals surface area contributed by atoms with Crippen molar-refractivity contribution < 1.29 is 19.4 Å². The van der Waals surface area contributed by atoms with E-state index in [2.05, 4.69) is 0 Å². The predicted molar refractivity (Wildman–Crippen MR) is 66.0 cm³/mol. The molecule has 0 saturated carbocycles. The average molecular weight is 270 g/mol. The molecule has 1 amide bonds. The van der Waals surface area contributed by atoms with Crippen molar-refractivity contribution in [2.75, 3.05) is 4.90 Å². The number of benzene rings is 1. The number of cyclic esters (lactones) is 1. The lowest BCUT2D eigenvalue weighted by atomic mass is 10.1. The fourth-order valence-electron chi connectivity index (χ4n) is 1.91. The Morgan fingerprint density at radius 2 is 2.17 bits per heavy atom. The molecule has 2 unspecified atom stereocenters. The minimum atomic E-state index is -1.11. The van der Waals surface area contributed by atoms with Crippen molar-refractivity contribution in [3.63, 3.8) is 0 Å². The fourth-order valence-corrected chi connectivity index (χ4v) is 2.09. The standard InChI is InChI=1S/C12H12ClNO4/c1-6-3-4-8(5-9(6)13)14-10(11(15)16)7(2)18-12(14)17/h3-5,7,10H,1-2H3,(H,15,16).